The summed E-state index contributed by atoms with van der Waals surface area (Å²) < 4.78 is 0. The van der Waals surface area contributed by atoms with Crippen LogP contribution in [0.15, 0.2) is 30.4 Å². The van der Waals surface area contributed by atoms with Crippen molar-refractivity contribution < 1.29 is 0 Å². The molecule has 0 saturated carbocycles. The Morgan fingerprint density at radius 2 is 1.50 bits per heavy atom. The van der Waals surface area contributed by atoms with Crippen molar-refractivity contribution in [3.8, 4) is 0 Å². The van der Waals surface area contributed by atoms with Crippen molar-refractivity contribution in [2.75, 3.05) is 0 Å². The number of rotatable bonds is 0. The lowest BCUT2D eigenvalue weighted by Crippen LogP contribution is -1.77. The zero-order valence-corrected chi connectivity index (χ0v) is 9.04. The van der Waals surface area contributed by atoms with Crippen molar-refractivity contribution in [2.45, 2.75) is 51.4 Å². The van der Waals surface area contributed by atoms with Crippen LogP contribution in [0.2, 0.25) is 0 Å². The fourth-order valence-electron chi connectivity index (χ4n) is 1.59. The quantitative estimate of drug-likeness (QED) is 0.489. The van der Waals surface area contributed by atoms with Crippen molar-refractivity contribution in [1.82, 2.24) is 0 Å². The minimum absolute atomic E-state index is 1.13. The molecule has 0 aliphatic heterocycles. The summed E-state index contributed by atoms with van der Waals surface area (Å²) >= 11 is 0. The molecular weight excluding hydrogens is 168 g/mol. The zero-order valence-electron chi connectivity index (χ0n) is 9.04. The monoisotopic (exact) mass is 189 g/mol. The van der Waals surface area contributed by atoms with E-state index < -0.39 is 0 Å². The molecule has 77 valence electrons. The van der Waals surface area contributed by atoms with E-state index in [1.807, 2.05) is 0 Å². The maximum atomic E-state index is 3.31. The van der Waals surface area contributed by atoms with Gasteiger partial charge in [-0.3, -0.25) is 0 Å². The minimum atomic E-state index is 1.13. The highest BCUT2D eigenvalue weighted by molar-refractivity contribution is 5.00. The SMILES string of the molecule is [C]1=C/C=C\CC/C=C\CCCCCC/1. The van der Waals surface area contributed by atoms with E-state index in [1.54, 1.807) is 0 Å². The number of hydrogen-bond acceptors (Lipinski definition) is 0. The third kappa shape index (κ3) is 6.71. The Kier molecular flexibility index (Phi) is 7.10. The molecule has 1 rings (SSSR count). The summed E-state index contributed by atoms with van der Waals surface area (Å²) in [6.07, 6.45) is 24.5. The summed E-state index contributed by atoms with van der Waals surface area (Å²) in [7, 11) is 0. The minimum Gasteiger partial charge on any atom is -0.0885 e. The van der Waals surface area contributed by atoms with Crippen molar-refractivity contribution in [2.24, 2.45) is 0 Å². The average Bonchev–Trinajstić information content (AvgIpc) is 2.22. The summed E-state index contributed by atoms with van der Waals surface area (Å²) in [5.41, 5.74) is 0. The zero-order chi connectivity index (χ0) is 9.90. The average molecular weight is 189 g/mol. The summed E-state index contributed by atoms with van der Waals surface area (Å²) in [4.78, 5) is 0. The Morgan fingerprint density at radius 1 is 0.714 bits per heavy atom. The highest BCUT2D eigenvalue weighted by Crippen LogP contribution is 2.07. The first-order valence-corrected chi connectivity index (χ1v) is 5.87. The van der Waals surface area contributed by atoms with Crippen LogP contribution in [0.1, 0.15) is 51.4 Å². The summed E-state index contributed by atoms with van der Waals surface area (Å²) in [6, 6.07) is 0. The highest BCUT2D eigenvalue weighted by atomic mass is 13.9. The molecule has 14 heavy (non-hydrogen) atoms. The van der Waals surface area contributed by atoms with Crippen LogP contribution in [-0.2, 0) is 0 Å². The van der Waals surface area contributed by atoms with E-state index in [0.717, 1.165) is 12.8 Å². The van der Waals surface area contributed by atoms with E-state index in [0.29, 0.717) is 0 Å². The molecule has 0 heterocycles. The second-order valence-electron chi connectivity index (χ2n) is 3.80. The molecular formula is C14H21. The predicted molar refractivity (Wildman–Crippen MR) is 63.0 cm³/mol. The molecule has 0 unspecified atom stereocenters. The highest BCUT2D eigenvalue weighted by Gasteiger charge is 1.88. The van der Waals surface area contributed by atoms with Crippen LogP contribution >= 0.6 is 0 Å². The van der Waals surface area contributed by atoms with Crippen LogP contribution in [0.5, 0.6) is 0 Å². The standard InChI is InChI=1S/C14H21/c1-2-4-6-8-10-12-14-13-11-9-7-5-3-1/h1-3,8,10H,4,6-7,9,11-14H2/b2-1-,5-3?,10-8-. The maximum Gasteiger partial charge on any atom is -0.0276 e. The Balaban J connectivity index is 2.26. The van der Waals surface area contributed by atoms with Crippen molar-refractivity contribution in [1.29, 1.82) is 0 Å². The first-order chi connectivity index (χ1) is 7.00. The topological polar surface area (TPSA) is 0 Å². The second kappa shape index (κ2) is 8.80. The molecule has 0 atom stereocenters. The fraction of sp³-hybridized carbons (Fsp3) is 0.571. The number of hydrogen-bond donors (Lipinski definition) is 0. The molecule has 0 saturated heterocycles. The van der Waals surface area contributed by atoms with Gasteiger partial charge >= 0.3 is 0 Å². The van der Waals surface area contributed by atoms with Gasteiger partial charge in [0.15, 0.2) is 0 Å². The Bertz CT molecular complexity index is 196. The molecule has 0 aromatic carbocycles. The summed E-state index contributed by atoms with van der Waals surface area (Å²) in [5, 5.41) is 0. The maximum absolute atomic E-state index is 3.31. The Morgan fingerprint density at radius 3 is 2.50 bits per heavy atom. The summed E-state index contributed by atoms with van der Waals surface area (Å²) in [5.74, 6) is 0. The molecule has 0 nitrogen and oxygen atoms in total. The molecule has 0 aromatic rings. The van der Waals surface area contributed by atoms with Crippen LogP contribution in [0.3, 0.4) is 0 Å². The van der Waals surface area contributed by atoms with E-state index in [-0.39, 0.29) is 0 Å². The number of allylic oxidation sites excluding steroid dienone is 6. The van der Waals surface area contributed by atoms with Gasteiger partial charge in [0, 0.05) is 0 Å². The fourth-order valence-corrected chi connectivity index (χ4v) is 1.59. The van der Waals surface area contributed by atoms with E-state index in [1.165, 1.54) is 38.5 Å². The molecule has 1 aliphatic rings. The van der Waals surface area contributed by atoms with Gasteiger partial charge in [0.2, 0.25) is 0 Å². The molecule has 0 bridgehead atoms. The van der Waals surface area contributed by atoms with Gasteiger partial charge in [0.25, 0.3) is 0 Å². The smallest absolute Gasteiger partial charge is 0.0276 e. The van der Waals surface area contributed by atoms with Gasteiger partial charge in [-0.2, -0.15) is 0 Å². The van der Waals surface area contributed by atoms with E-state index in [4.69, 9.17) is 0 Å². The molecule has 0 N–H and O–H groups in total. The van der Waals surface area contributed by atoms with Crippen LogP contribution in [0.4, 0.5) is 0 Å². The van der Waals surface area contributed by atoms with Crippen molar-refractivity contribution >= 4 is 0 Å². The van der Waals surface area contributed by atoms with Crippen LogP contribution in [-0.4, -0.2) is 0 Å². The first kappa shape index (κ1) is 11.3. The van der Waals surface area contributed by atoms with E-state index in [2.05, 4.69) is 36.5 Å². The third-order valence-corrected chi connectivity index (χ3v) is 2.46. The van der Waals surface area contributed by atoms with Crippen molar-refractivity contribution in [3.63, 3.8) is 0 Å². The van der Waals surface area contributed by atoms with Gasteiger partial charge in [0.05, 0.1) is 0 Å². The molecule has 0 heteroatoms. The third-order valence-electron chi connectivity index (χ3n) is 2.46. The largest absolute Gasteiger partial charge is 0.0885 e. The molecule has 1 aliphatic carbocycles. The lowest BCUT2D eigenvalue weighted by molar-refractivity contribution is 0.648. The van der Waals surface area contributed by atoms with Crippen molar-refractivity contribution in [3.05, 3.63) is 36.5 Å². The molecule has 0 amide bonds. The van der Waals surface area contributed by atoms with Gasteiger partial charge in [-0.25, -0.2) is 0 Å². The normalized spacial score (nSPS) is 27.4. The van der Waals surface area contributed by atoms with Gasteiger partial charge in [0.1, 0.15) is 0 Å². The molecule has 1 radical (unpaired) electrons. The lowest BCUT2D eigenvalue weighted by Gasteiger charge is -1.97. The van der Waals surface area contributed by atoms with Crippen LogP contribution in [0.25, 0.3) is 0 Å². The Labute approximate surface area is 88.4 Å². The Hall–Kier alpha value is -0.780. The molecule has 0 spiro atoms. The van der Waals surface area contributed by atoms with E-state index >= 15 is 0 Å². The van der Waals surface area contributed by atoms with Crippen LogP contribution < -0.4 is 0 Å². The first-order valence-electron chi connectivity index (χ1n) is 5.87. The van der Waals surface area contributed by atoms with Gasteiger partial charge in [-0.1, -0.05) is 43.2 Å². The van der Waals surface area contributed by atoms with Gasteiger partial charge in [-0.15, -0.1) is 0 Å². The lowest BCUT2D eigenvalue weighted by atomic mass is 10.1. The van der Waals surface area contributed by atoms with E-state index in [9.17, 15) is 0 Å². The summed E-state index contributed by atoms with van der Waals surface area (Å²) in [6.45, 7) is 0. The second-order valence-corrected chi connectivity index (χ2v) is 3.80. The van der Waals surface area contributed by atoms with Crippen LogP contribution in [0, 0.1) is 6.08 Å². The van der Waals surface area contributed by atoms with Gasteiger partial charge < -0.3 is 0 Å². The predicted octanol–water partition coefficient (Wildman–Crippen LogP) is 4.59. The molecule has 0 fully saturated rings. The van der Waals surface area contributed by atoms with Gasteiger partial charge in [-0.05, 0) is 44.6 Å². The molecule has 0 aromatic heterocycles.